The average molecular weight is 791 g/mol. The summed E-state index contributed by atoms with van der Waals surface area (Å²) < 4.78 is 14.1. The number of aryl methyl sites for hydroxylation is 1. The molecule has 0 atom stereocenters. The molecule has 0 amide bonds. The first-order valence-electron chi connectivity index (χ1n) is 20.8. The van der Waals surface area contributed by atoms with E-state index in [2.05, 4.69) is 218 Å². The maximum Gasteiger partial charge on any atom is 0.262 e. The maximum atomic E-state index is 7.08. The zero-order valence-electron chi connectivity index (χ0n) is 34.2. The van der Waals surface area contributed by atoms with Gasteiger partial charge in [0.15, 0.2) is 0 Å². The highest BCUT2D eigenvalue weighted by Crippen LogP contribution is 2.47. The molecule has 0 aromatic heterocycles. The van der Waals surface area contributed by atoms with Gasteiger partial charge in [0.2, 0.25) is 0 Å². The summed E-state index contributed by atoms with van der Waals surface area (Å²) in [5, 5.41) is 6.03. The van der Waals surface area contributed by atoms with Crippen LogP contribution in [0.3, 0.4) is 0 Å². The van der Waals surface area contributed by atoms with Gasteiger partial charge in [-0.3, -0.25) is 0 Å². The van der Waals surface area contributed by atoms with Crippen LogP contribution in [0.25, 0.3) is 21.5 Å². The second-order valence-corrected chi connectivity index (χ2v) is 22.1. The van der Waals surface area contributed by atoms with Crippen molar-refractivity contribution in [1.29, 1.82) is 0 Å². The molecule has 0 radical (unpaired) electrons. The second-order valence-electron chi connectivity index (χ2n) is 17.0. The van der Waals surface area contributed by atoms with Crippen molar-refractivity contribution >= 4 is 92.0 Å². The van der Waals surface area contributed by atoms with E-state index in [1.54, 1.807) is 0 Å². The third-order valence-electron chi connectivity index (χ3n) is 12.1. The van der Waals surface area contributed by atoms with Crippen molar-refractivity contribution in [2.45, 2.75) is 26.6 Å². The lowest BCUT2D eigenvalue weighted by molar-refractivity contribution is 0.465. The molecule has 0 unspecified atom stereocenters. The minimum absolute atomic E-state index is 0.147. The number of benzene rings is 9. The van der Waals surface area contributed by atoms with E-state index in [0.717, 1.165) is 95.1 Å². The summed E-state index contributed by atoms with van der Waals surface area (Å²) in [5.74, 6) is 3.35. The number of nitrogens with zero attached hydrogens (tertiary/aromatic N) is 2. The lowest BCUT2D eigenvalue weighted by atomic mass is 9.33. The van der Waals surface area contributed by atoms with Crippen LogP contribution in [0.1, 0.15) is 5.56 Å². The Hall–Kier alpha value is -7.02. The van der Waals surface area contributed by atoms with Crippen LogP contribution in [0.5, 0.6) is 23.0 Å². The quantitative estimate of drug-likeness (QED) is 0.150. The predicted molar refractivity (Wildman–Crippen MR) is 256 cm³/mol. The van der Waals surface area contributed by atoms with Crippen LogP contribution in [0, 0.1) is 6.92 Å². The highest BCUT2D eigenvalue weighted by Gasteiger charge is 2.43. The number of hydrogen-bond donors (Lipinski definition) is 0. The summed E-state index contributed by atoms with van der Waals surface area (Å²) in [7, 11) is -1.62. The summed E-state index contributed by atoms with van der Waals surface area (Å²) in [4.78, 5) is 4.77. The molecule has 0 spiro atoms. The lowest BCUT2D eigenvalue weighted by Gasteiger charge is -2.37. The Labute approximate surface area is 353 Å². The molecule has 0 fully saturated rings. The molecule has 0 bridgehead atoms. The fraction of sp³-hybridized carbons (Fsp3) is 0.0741. The molecule has 9 aromatic rings. The normalized spacial score (nSPS) is 12.6. The van der Waals surface area contributed by atoms with Gasteiger partial charge in [-0.1, -0.05) is 140 Å². The lowest BCUT2D eigenvalue weighted by Crippen LogP contribution is -2.58. The molecule has 2 heterocycles. The predicted octanol–water partition coefficient (Wildman–Crippen LogP) is 12.5. The molecule has 9 aromatic carbocycles. The van der Waals surface area contributed by atoms with Gasteiger partial charge in [0.25, 0.3) is 6.71 Å². The Bertz CT molecular complexity index is 3130. The van der Waals surface area contributed by atoms with E-state index in [1.807, 2.05) is 6.07 Å². The molecule has 11 rings (SSSR count). The molecule has 0 N–H and O–H groups in total. The highest BCUT2D eigenvalue weighted by molar-refractivity contribution is 7.01. The zero-order chi connectivity index (χ0) is 40.5. The Morgan fingerprint density at radius 3 is 1.32 bits per heavy atom. The van der Waals surface area contributed by atoms with Crippen LogP contribution in [0.4, 0.5) is 34.1 Å². The van der Waals surface area contributed by atoms with Gasteiger partial charge in [-0.25, -0.2) is 0 Å². The van der Waals surface area contributed by atoms with Gasteiger partial charge in [-0.2, -0.15) is 0 Å². The molecule has 0 saturated carbocycles. The molecule has 2 aliphatic heterocycles. The summed E-state index contributed by atoms with van der Waals surface area (Å²) in [6.07, 6.45) is 0. The molecule has 2 aliphatic rings. The van der Waals surface area contributed by atoms with Crippen molar-refractivity contribution in [1.82, 2.24) is 0 Å². The maximum absolute atomic E-state index is 7.08. The minimum atomic E-state index is -1.62. The first-order chi connectivity index (χ1) is 29.3. The number of para-hydroxylation sites is 2. The van der Waals surface area contributed by atoms with Gasteiger partial charge in [0.1, 0.15) is 23.0 Å². The van der Waals surface area contributed by atoms with Gasteiger partial charge < -0.3 is 19.3 Å². The van der Waals surface area contributed by atoms with Crippen molar-refractivity contribution in [3.05, 3.63) is 194 Å². The Morgan fingerprint density at radius 1 is 0.383 bits per heavy atom. The van der Waals surface area contributed by atoms with Crippen LogP contribution in [0.2, 0.25) is 19.6 Å². The van der Waals surface area contributed by atoms with E-state index in [1.165, 1.54) is 10.8 Å². The minimum Gasteiger partial charge on any atom is -0.458 e. The van der Waals surface area contributed by atoms with Crippen molar-refractivity contribution in [2.75, 3.05) is 9.80 Å². The largest absolute Gasteiger partial charge is 0.458 e. The van der Waals surface area contributed by atoms with E-state index in [9.17, 15) is 0 Å². The topological polar surface area (TPSA) is 24.9 Å². The average Bonchev–Trinajstić information content (AvgIpc) is 3.27. The number of hydrogen-bond acceptors (Lipinski definition) is 4. The first kappa shape index (κ1) is 36.1. The number of fused-ring (bicyclic) bond motifs is 8. The zero-order valence-corrected chi connectivity index (χ0v) is 35.2. The third-order valence-corrected chi connectivity index (χ3v) is 14.2. The van der Waals surface area contributed by atoms with Gasteiger partial charge in [-0.15, -0.1) is 0 Å². The van der Waals surface area contributed by atoms with E-state index in [-0.39, 0.29) is 6.71 Å². The standard InChI is InChI=1S/C54H43BN2O2Si/c1-36-18-15-23-39(32-36)56(37-19-7-5-8-20-37)46-34-50-52(44-28-13-11-26-42(44)46)55-53-45-29-14-12-27-43(45)47(35-51(53)59-49-31-17-30-48(58-50)54(49)55)57(38-21-9-6-10-22-38)40-24-16-25-41(33-40)60(2,3)4/h5-35H,1-4H3. The molecule has 60 heavy (non-hydrogen) atoms. The summed E-state index contributed by atoms with van der Waals surface area (Å²) in [5.41, 5.74) is 11.1. The summed E-state index contributed by atoms with van der Waals surface area (Å²) in [6, 6.07) is 67.7. The fourth-order valence-electron chi connectivity index (χ4n) is 9.39. The van der Waals surface area contributed by atoms with E-state index >= 15 is 0 Å². The first-order valence-corrected chi connectivity index (χ1v) is 24.3. The van der Waals surface area contributed by atoms with Gasteiger partial charge >= 0.3 is 0 Å². The number of anilines is 6. The Balaban J connectivity index is 1.18. The number of rotatable bonds is 7. The molecule has 288 valence electrons. The molecule has 0 aliphatic carbocycles. The van der Waals surface area contributed by atoms with Gasteiger partial charge in [-0.05, 0) is 94.8 Å². The Morgan fingerprint density at radius 2 is 0.817 bits per heavy atom. The van der Waals surface area contributed by atoms with Crippen LogP contribution in [0.15, 0.2) is 188 Å². The molecule has 4 nitrogen and oxygen atoms in total. The van der Waals surface area contributed by atoms with Crippen LogP contribution >= 0.6 is 0 Å². The molecular weight excluding hydrogens is 748 g/mol. The summed E-state index contributed by atoms with van der Waals surface area (Å²) in [6.45, 7) is 9.23. The van der Waals surface area contributed by atoms with Crippen LogP contribution in [-0.2, 0) is 0 Å². The van der Waals surface area contributed by atoms with Crippen molar-refractivity contribution in [3.8, 4) is 23.0 Å². The second kappa shape index (κ2) is 14.1. The molecule has 0 saturated heterocycles. The SMILES string of the molecule is Cc1cccc(N(c2ccccc2)c2cc3c(c4ccccc24)B2c4c(cccc4Oc4cc(N(c5ccccc5)c5cccc([Si](C)(C)C)c5)c5ccccc5c42)O3)c1. The third kappa shape index (κ3) is 5.90. The molecule has 6 heteroatoms. The smallest absolute Gasteiger partial charge is 0.262 e. The molecular formula is C54H43BN2O2Si. The van der Waals surface area contributed by atoms with Crippen molar-refractivity contribution in [3.63, 3.8) is 0 Å². The van der Waals surface area contributed by atoms with Crippen molar-refractivity contribution < 1.29 is 9.47 Å². The highest BCUT2D eigenvalue weighted by atomic mass is 28.3. The fourth-order valence-corrected chi connectivity index (χ4v) is 10.6. The number of ether oxygens (including phenoxy) is 2. The van der Waals surface area contributed by atoms with Crippen LogP contribution < -0.4 is 40.8 Å². The van der Waals surface area contributed by atoms with E-state index < -0.39 is 8.07 Å². The van der Waals surface area contributed by atoms with E-state index in [4.69, 9.17) is 9.47 Å². The van der Waals surface area contributed by atoms with Gasteiger partial charge in [0.05, 0.1) is 19.4 Å². The summed E-state index contributed by atoms with van der Waals surface area (Å²) >= 11 is 0. The monoisotopic (exact) mass is 790 g/mol. The Kier molecular flexibility index (Phi) is 8.47. The van der Waals surface area contributed by atoms with Gasteiger partial charge in [0, 0.05) is 51.1 Å². The van der Waals surface area contributed by atoms with E-state index in [0.29, 0.717) is 0 Å². The van der Waals surface area contributed by atoms with Crippen LogP contribution in [-0.4, -0.2) is 14.8 Å². The van der Waals surface area contributed by atoms with Crippen molar-refractivity contribution in [2.24, 2.45) is 0 Å².